The maximum absolute atomic E-state index is 11.1. The van der Waals surface area contributed by atoms with Gasteiger partial charge < -0.3 is 18.9 Å². The summed E-state index contributed by atoms with van der Waals surface area (Å²) in [6.07, 6.45) is 1.65. The highest BCUT2D eigenvalue weighted by molar-refractivity contribution is 5.85. The maximum atomic E-state index is 11.1. The van der Waals surface area contributed by atoms with Gasteiger partial charge in [-0.3, -0.25) is 0 Å². The molecule has 2 heterocycles. The number of benzene rings is 1. The molecule has 1 N–H and O–H groups in total. The van der Waals surface area contributed by atoms with E-state index in [0.29, 0.717) is 11.7 Å². The van der Waals surface area contributed by atoms with Crippen molar-refractivity contribution in [3.63, 3.8) is 0 Å². The Morgan fingerprint density at radius 1 is 1.32 bits per heavy atom. The first-order valence-corrected chi connectivity index (χ1v) is 6.53. The lowest BCUT2D eigenvalue weighted by molar-refractivity contribution is 0.0685. The fourth-order valence-electron chi connectivity index (χ4n) is 2.07. The van der Waals surface area contributed by atoms with Crippen LogP contribution in [0.2, 0.25) is 0 Å². The maximum Gasteiger partial charge on any atom is 0.352 e. The van der Waals surface area contributed by atoms with E-state index in [1.54, 1.807) is 31.5 Å². The largest absolute Gasteiger partial charge is 0.497 e. The minimum Gasteiger partial charge on any atom is -0.497 e. The van der Waals surface area contributed by atoms with Crippen LogP contribution in [-0.2, 0) is 6.54 Å². The zero-order valence-electron chi connectivity index (χ0n) is 11.8. The second-order valence-electron chi connectivity index (χ2n) is 4.57. The number of aromatic carboxylic acids is 1. The van der Waals surface area contributed by atoms with Crippen LogP contribution in [0.5, 0.6) is 5.75 Å². The van der Waals surface area contributed by atoms with E-state index in [0.717, 1.165) is 11.3 Å². The molecule has 2 aromatic heterocycles. The van der Waals surface area contributed by atoms with Gasteiger partial charge in [0.15, 0.2) is 0 Å². The molecule has 1 aromatic carbocycles. The van der Waals surface area contributed by atoms with Crippen molar-refractivity contribution < 1.29 is 19.2 Å². The van der Waals surface area contributed by atoms with E-state index in [4.69, 9.17) is 14.4 Å². The second-order valence-corrected chi connectivity index (χ2v) is 4.57. The van der Waals surface area contributed by atoms with Crippen molar-refractivity contribution >= 4 is 5.97 Å². The number of carboxylic acids is 1. The van der Waals surface area contributed by atoms with Crippen LogP contribution in [0.1, 0.15) is 16.4 Å². The molecule has 0 saturated carbocycles. The molecular weight excluding hydrogens is 286 g/mol. The molecule has 0 atom stereocenters. The van der Waals surface area contributed by atoms with Crippen molar-refractivity contribution in [3.8, 4) is 17.1 Å². The van der Waals surface area contributed by atoms with E-state index < -0.39 is 5.97 Å². The van der Waals surface area contributed by atoms with Crippen molar-refractivity contribution in [2.75, 3.05) is 7.11 Å². The fourth-order valence-corrected chi connectivity index (χ4v) is 2.07. The van der Waals surface area contributed by atoms with Crippen molar-refractivity contribution in [3.05, 3.63) is 54.2 Å². The van der Waals surface area contributed by atoms with Gasteiger partial charge in [-0.2, -0.15) is 4.98 Å². The topological polar surface area (TPSA) is 90.4 Å². The number of nitrogens with zero attached hydrogens (tertiary/aromatic N) is 3. The number of hydrogen-bond donors (Lipinski definition) is 1. The first-order chi connectivity index (χ1) is 10.7. The molecule has 0 aliphatic carbocycles. The Balaban J connectivity index is 1.81. The molecule has 0 bridgehead atoms. The lowest BCUT2D eigenvalue weighted by Crippen LogP contribution is -2.08. The molecule has 0 amide bonds. The predicted molar refractivity (Wildman–Crippen MR) is 76.8 cm³/mol. The van der Waals surface area contributed by atoms with Gasteiger partial charge in [-0.05, 0) is 36.4 Å². The minimum atomic E-state index is -1.00. The van der Waals surface area contributed by atoms with Crippen LogP contribution in [0.3, 0.4) is 0 Å². The van der Waals surface area contributed by atoms with Gasteiger partial charge in [0.2, 0.25) is 11.7 Å². The summed E-state index contributed by atoms with van der Waals surface area (Å²) in [7, 11) is 1.60. The summed E-state index contributed by atoms with van der Waals surface area (Å²) in [4.78, 5) is 15.3. The SMILES string of the molecule is COc1ccc(-c2noc(Cn3cccc3C(=O)O)n2)cc1. The third kappa shape index (κ3) is 2.69. The van der Waals surface area contributed by atoms with Crippen molar-refractivity contribution in [2.45, 2.75) is 6.54 Å². The normalized spacial score (nSPS) is 10.6. The van der Waals surface area contributed by atoms with E-state index in [-0.39, 0.29) is 12.2 Å². The minimum absolute atomic E-state index is 0.171. The summed E-state index contributed by atoms with van der Waals surface area (Å²) in [5.41, 5.74) is 0.964. The van der Waals surface area contributed by atoms with Crippen molar-refractivity contribution in [1.82, 2.24) is 14.7 Å². The number of aromatic nitrogens is 3. The van der Waals surface area contributed by atoms with Gasteiger partial charge in [0.05, 0.1) is 7.11 Å². The Morgan fingerprint density at radius 2 is 2.09 bits per heavy atom. The van der Waals surface area contributed by atoms with E-state index in [1.807, 2.05) is 12.1 Å². The predicted octanol–water partition coefficient (Wildman–Crippen LogP) is 2.29. The lowest BCUT2D eigenvalue weighted by atomic mass is 10.2. The fraction of sp³-hybridized carbons (Fsp3) is 0.133. The van der Waals surface area contributed by atoms with E-state index in [9.17, 15) is 4.79 Å². The van der Waals surface area contributed by atoms with Gasteiger partial charge in [-0.25, -0.2) is 4.79 Å². The molecule has 0 saturated heterocycles. The number of carboxylic acid groups (broad SMARTS) is 1. The number of hydrogen-bond acceptors (Lipinski definition) is 5. The summed E-state index contributed by atoms with van der Waals surface area (Å²) < 4.78 is 11.8. The average molecular weight is 299 g/mol. The number of rotatable bonds is 5. The summed E-state index contributed by atoms with van der Waals surface area (Å²) in [5, 5.41) is 13.0. The summed E-state index contributed by atoms with van der Waals surface area (Å²) in [6.45, 7) is 0.206. The van der Waals surface area contributed by atoms with Crippen LogP contribution in [0.4, 0.5) is 0 Å². The first-order valence-electron chi connectivity index (χ1n) is 6.53. The van der Waals surface area contributed by atoms with E-state index in [1.165, 1.54) is 10.6 Å². The van der Waals surface area contributed by atoms with Gasteiger partial charge in [-0.1, -0.05) is 5.16 Å². The smallest absolute Gasteiger partial charge is 0.352 e. The van der Waals surface area contributed by atoms with Crippen molar-refractivity contribution in [1.29, 1.82) is 0 Å². The second kappa shape index (κ2) is 5.72. The van der Waals surface area contributed by atoms with Gasteiger partial charge in [-0.15, -0.1) is 0 Å². The van der Waals surface area contributed by atoms with Crippen LogP contribution >= 0.6 is 0 Å². The van der Waals surface area contributed by atoms with Gasteiger partial charge in [0.25, 0.3) is 0 Å². The van der Waals surface area contributed by atoms with E-state index >= 15 is 0 Å². The third-order valence-electron chi connectivity index (χ3n) is 3.17. The molecule has 7 heteroatoms. The average Bonchev–Trinajstić information content (AvgIpc) is 3.17. The highest BCUT2D eigenvalue weighted by atomic mass is 16.5. The van der Waals surface area contributed by atoms with Gasteiger partial charge in [0, 0.05) is 11.8 Å². The van der Waals surface area contributed by atoms with Crippen LogP contribution in [-0.4, -0.2) is 32.9 Å². The molecular formula is C15H13N3O4. The Kier molecular flexibility index (Phi) is 3.61. The van der Waals surface area contributed by atoms with Gasteiger partial charge in [0.1, 0.15) is 18.0 Å². The number of ether oxygens (including phenoxy) is 1. The molecule has 22 heavy (non-hydrogen) atoms. The molecule has 112 valence electrons. The highest BCUT2D eigenvalue weighted by Crippen LogP contribution is 2.20. The van der Waals surface area contributed by atoms with Crippen LogP contribution in [0.15, 0.2) is 47.1 Å². The zero-order chi connectivity index (χ0) is 15.5. The zero-order valence-corrected chi connectivity index (χ0v) is 11.8. The molecule has 0 spiro atoms. The van der Waals surface area contributed by atoms with Crippen LogP contribution in [0.25, 0.3) is 11.4 Å². The Labute approximate surface area is 125 Å². The molecule has 3 aromatic rings. The summed E-state index contributed by atoms with van der Waals surface area (Å²) in [6, 6.07) is 10.4. The molecule has 0 radical (unpaired) electrons. The molecule has 3 rings (SSSR count). The quantitative estimate of drug-likeness (QED) is 0.777. The Hall–Kier alpha value is -3.09. The lowest BCUT2D eigenvalue weighted by Gasteiger charge is -2.01. The summed E-state index contributed by atoms with van der Waals surface area (Å²) in [5.74, 6) is 0.525. The van der Waals surface area contributed by atoms with Crippen LogP contribution < -0.4 is 4.74 Å². The Morgan fingerprint density at radius 3 is 2.77 bits per heavy atom. The monoisotopic (exact) mass is 299 g/mol. The third-order valence-corrected chi connectivity index (χ3v) is 3.17. The molecule has 7 nitrogen and oxygen atoms in total. The van der Waals surface area contributed by atoms with Crippen molar-refractivity contribution in [2.24, 2.45) is 0 Å². The first kappa shape index (κ1) is 13.9. The van der Waals surface area contributed by atoms with Gasteiger partial charge >= 0.3 is 5.97 Å². The van der Waals surface area contributed by atoms with E-state index in [2.05, 4.69) is 10.1 Å². The highest BCUT2D eigenvalue weighted by Gasteiger charge is 2.13. The molecule has 0 aliphatic heterocycles. The Bertz CT molecular complexity index is 789. The summed E-state index contributed by atoms with van der Waals surface area (Å²) >= 11 is 0. The number of carbonyl (C=O) groups is 1. The molecule has 0 unspecified atom stereocenters. The van der Waals surface area contributed by atoms with Crippen LogP contribution in [0, 0.1) is 0 Å². The standard InChI is InChI=1S/C15H13N3O4/c1-21-11-6-4-10(5-7-11)14-16-13(22-17-14)9-18-8-2-3-12(18)15(19)20/h2-8H,9H2,1H3,(H,19,20). The number of methoxy groups -OCH3 is 1. The molecule has 0 aliphatic rings. The molecule has 0 fully saturated rings.